The fraction of sp³-hybridized carbons (Fsp3) is 0.138. The second-order valence-corrected chi connectivity index (χ2v) is 11.3. The average Bonchev–Trinajstić information content (AvgIpc) is 3.44. The van der Waals surface area contributed by atoms with Gasteiger partial charge in [-0.25, -0.2) is 14.3 Å². The maximum Gasteiger partial charge on any atom is 0.359 e. The Balaban J connectivity index is 1.70. The van der Waals surface area contributed by atoms with Crippen LogP contribution >= 0.6 is 69.6 Å². The van der Waals surface area contributed by atoms with E-state index >= 15 is 0 Å². The first kappa shape index (κ1) is 34.4. The van der Waals surface area contributed by atoms with Gasteiger partial charge in [-0.3, -0.25) is 14.7 Å². The summed E-state index contributed by atoms with van der Waals surface area (Å²) in [6, 6.07) is 5.53. The Labute approximate surface area is 286 Å². The lowest BCUT2D eigenvalue weighted by Crippen LogP contribution is -2.23. The number of nitrogens with one attached hydrogen (secondary N) is 1. The van der Waals surface area contributed by atoms with Crippen molar-refractivity contribution in [2.45, 2.75) is 13.8 Å². The van der Waals surface area contributed by atoms with Crippen molar-refractivity contribution in [3.05, 3.63) is 106 Å². The van der Waals surface area contributed by atoms with Gasteiger partial charge in [0.15, 0.2) is 11.4 Å². The zero-order chi connectivity index (χ0) is 33.0. The molecule has 2 heterocycles. The highest BCUT2D eigenvalue weighted by Crippen LogP contribution is 2.39. The fourth-order valence-corrected chi connectivity index (χ4v) is 6.00. The topological polar surface area (TPSA) is 123 Å². The molecule has 1 aromatic heterocycles. The van der Waals surface area contributed by atoms with E-state index in [4.69, 9.17) is 79.1 Å². The van der Waals surface area contributed by atoms with Crippen LogP contribution in [0.3, 0.4) is 0 Å². The molecule has 0 atom stereocenters. The van der Waals surface area contributed by atoms with E-state index in [-0.39, 0.29) is 77.3 Å². The minimum Gasteiger partial charge on any atom is -0.461 e. The zero-order valence-corrected chi connectivity index (χ0v) is 27.7. The third-order valence-electron chi connectivity index (χ3n) is 5.90. The summed E-state index contributed by atoms with van der Waals surface area (Å²) in [7, 11) is 0. The summed E-state index contributed by atoms with van der Waals surface area (Å²) in [5, 5.41) is 8.35. The molecule has 3 aromatic rings. The van der Waals surface area contributed by atoms with E-state index in [0.717, 1.165) is 9.69 Å². The van der Waals surface area contributed by atoms with Crippen LogP contribution in [0.2, 0.25) is 30.1 Å². The molecule has 10 nitrogen and oxygen atoms in total. The van der Waals surface area contributed by atoms with Crippen LogP contribution in [0.5, 0.6) is 0 Å². The first-order chi connectivity index (χ1) is 21.4. The summed E-state index contributed by atoms with van der Waals surface area (Å²) >= 11 is 37.1. The largest absolute Gasteiger partial charge is 0.461 e. The molecule has 1 aliphatic rings. The number of rotatable bonds is 9. The minimum absolute atomic E-state index is 0.0259. The van der Waals surface area contributed by atoms with Gasteiger partial charge in [-0.1, -0.05) is 87.8 Å². The van der Waals surface area contributed by atoms with Gasteiger partial charge >= 0.3 is 11.9 Å². The zero-order valence-electron chi connectivity index (χ0n) is 23.2. The lowest BCUT2D eigenvalue weighted by Gasteiger charge is -2.15. The molecule has 0 unspecified atom stereocenters. The Kier molecular flexibility index (Phi) is 11.2. The van der Waals surface area contributed by atoms with E-state index < -0.39 is 23.4 Å². The number of ether oxygens (including phenoxy) is 2. The predicted octanol–water partition coefficient (Wildman–Crippen LogP) is 7.72. The highest BCUT2D eigenvalue weighted by Gasteiger charge is 2.37. The normalized spacial score (nSPS) is 14.2. The fourth-order valence-electron chi connectivity index (χ4n) is 4.04. The lowest BCUT2D eigenvalue weighted by atomic mass is 10.1. The van der Waals surface area contributed by atoms with Crippen molar-refractivity contribution in [1.29, 1.82) is 0 Å². The Morgan fingerprint density at radius 1 is 0.800 bits per heavy atom. The van der Waals surface area contributed by atoms with Gasteiger partial charge in [-0.05, 0) is 50.3 Å². The number of aromatic nitrogens is 2. The van der Waals surface area contributed by atoms with Crippen molar-refractivity contribution in [3.8, 4) is 5.69 Å². The van der Waals surface area contributed by atoms with Crippen molar-refractivity contribution < 1.29 is 23.9 Å². The minimum atomic E-state index is -0.851. The van der Waals surface area contributed by atoms with Gasteiger partial charge in [0.05, 0.1) is 44.4 Å². The number of carbonyl (C=O) groups excluding carboxylic acids is 3. The molecular formula is C29H20Cl6N4O6. The number of benzene rings is 2. The van der Waals surface area contributed by atoms with Crippen LogP contribution < -0.4 is 10.6 Å². The molecule has 4 rings (SSSR count). The highest BCUT2D eigenvalue weighted by molar-refractivity contribution is 6.54. The van der Waals surface area contributed by atoms with E-state index in [2.05, 4.69) is 10.2 Å². The monoisotopic (exact) mass is 730 g/mol. The van der Waals surface area contributed by atoms with Crippen LogP contribution in [0, 0.1) is 0 Å². The van der Waals surface area contributed by atoms with Crippen LogP contribution in [-0.2, 0) is 19.1 Å². The van der Waals surface area contributed by atoms with Gasteiger partial charge in [-0.15, -0.1) is 0 Å². The summed E-state index contributed by atoms with van der Waals surface area (Å²) in [6.45, 7) is 3.29. The molecule has 0 saturated carbocycles. The number of amides is 1. The Morgan fingerprint density at radius 2 is 1.33 bits per heavy atom. The summed E-state index contributed by atoms with van der Waals surface area (Å²) in [5.74, 6) is -2.37. The van der Waals surface area contributed by atoms with Crippen LogP contribution in [-0.4, -0.2) is 46.6 Å². The second-order valence-electron chi connectivity index (χ2n) is 8.81. The van der Waals surface area contributed by atoms with Crippen molar-refractivity contribution >= 4 is 105 Å². The SMILES string of the molecule is CCOC(=O)C1=NN(c2c(Cl)cc(Cl)cc2Cl)C(=O)C1=CC=CC=Cc1c(C(=O)OCC)[nH]n(-c2c(Cl)cc(Cl)cc2Cl)c1=O. The molecule has 1 aliphatic heterocycles. The maximum absolute atomic E-state index is 13.4. The van der Waals surface area contributed by atoms with Crippen LogP contribution in [0.1, 0.15) is 29.9 Å². The highest BCUT2D eigenvalue weighted by atomic mass is 35.5. The van der Waals surface area contributed by atoms with E-state index in [1.54, 1.807) is 13.8 Å². The van der Waals surface area contributed by atoms with Gasteiger partial charge in [-0.2, -0.15) is 10.1 Å². The van der Waals surface area contributed by atoms with Crippen molar-refractivity contribution in [3.63, 3.8) is 0 Å². The lowest BCUT2D eigenvalue weighted by molar-refractivity contribution is -0.135. The van der Waals surface area contributed by atoms with E-state index in [1.807, 2.05) is 0 Å². The van der Waals surface area contributed by atoms with Gasteiger partial charge in [0.2, 0.25) is 0 Å². The molecule has 1 amide bonds. The molecule has 2 aromatic carbocycles. The van der Waals surface area contributed by atoms with Crippen molar-refractivity contribution in [2.75, 3.05) is 18.2 Å². The number of aromatic amines is 1. The quantitative estimate of drug-likeness (QED) is 0.137. The molecule has 45 heavy (non-hydrogen) atoms. The number of halogens is 6. The van der Waals surface area contributed by atoms with Crippen molar-refractivity contribution in [1.82, 2.24) is 9.78 Å². The number of esters is 2. The Hall–Kier alpha value is -3.51. The van der Waals surface area contributed by atoms with Crippen LogP contribution in [0.25, 0.3) is 11.8 Å². The molecule has 0 fully saturated rings. The predicted molar refractivity (Wildman–Crippen MR) is 177 cm³/mol. The molecule has 0 aliphatic carbocycles. The number of anilines is 1. The molecule has 1 N–H and O–H groups in total. The van der Waals surface area contributed by atoms with Gasteiger partial charge in [0, 0.05) is 10.0 Å². The van der Waals surface area contributed by atoms with Crippen LogP contribution in [0.4, 0.5) is 5.69 Å². The summed E-state index contributed by atoms with van der Waals surface area (Å²) in [4.78, 5) is 52.0. The molecule has 0 saturated heterocycles. The molecule has 234 valence electrons. The number of H-pyrrole nitrogens is 1. The summed E-state index contributed by atoms with van der Waals surface area (Å²) in [6.07, 6.45) is 6.93. The number of hydrogen-bond donors (Lipinski definition) is 1. The second kappa shape index (κ2) is 14.7. The Bertz CT molecular complexity index is 1850. The van der Waals surface area contributed by atoms with Gasteiger partial charge in [0.1, 0.15) is 11.4 Å². The number of hydrazone groups is 1. The van der Waals surface area contributed by atoms with Gasteiger partial charge < -0.3 is 9.47 Å². The molecular weight excluding hydrogens is 713 g/mol. The van der Waals surface area contributed by atoms with E-state index in [0.29, 0.717) is 0 Å². The average molecular weight is 733 g/mol. The van der Waals surface area contributed by atoms with E-state index in [9.17, 15) is 19.2 Å². The Morgan fingerprint density at radius 3 is 1.89 bits per heavy atom. The standard InChI is InChI=1S/C29H20Cl6N4O6/c1-3-44-28(42)22-16(26(40)38(36-22)24-18(32)10-14(30)11-19(24)33)8-6-5-7-9-17-23(29(43)45-4-2)37-39(27(17)41)25-20(34)12-15(31)13-21(25)35/h5-13,36H,3-4H2,1-2H3. The number of allylic oxidation sites excluding steroid dienone is 4. The molecule has 0 spiro atoms. The molecule has 0 radical (unpaired) electrons. The summed E-state index contributed by atoms with van der Waals surface area (Å²) in [5.41, 5.74) is -1.20. The van der Waals surface area contributed by atoms with Gasteiger partial charge in [0.25, 0.3) is 11.5 Å². The van der Waals surface area contributed by atoms with E-state index in [1.165, 1.54) is 54.6 Å². The number of carbonyl (C=O) groups is 3. The third kappa shape index (κ3) is 7.33. The van der Waals surface area contributed by atoms with Crippen LogP contribution in [0.15, 0.2) is 64.0 Å². The molecule has 16 heteroatoms. The third-order valence-corrected chi connectivity index (χ3v) is 7.49. The smallest absolute Gasteiger partial charge is 0.359 e. The number of nitrogens with zero attached hydrogens (tertiary/aromatic N) is 3. The number of hydrogen-bond acceptors (Lipinski definition) is 7. The van der Waals surface area contributed by atoms with Crippen molar-refractivity contribution in [2.24, 2.45) is 5.10 Å². The summed E-state index contributed by atoms with van der Waals surface area (Å²) < 4.78 is 11.1. The molecule has 0 bridgehead atoms. The maximum atomic E-state index is 13.4. The first-order valence-corrected chi connectivity index (χ1v) is 15.1. The first-order valence-electron chi connectivity index (χ1n) is 12.9.